The van der Waals surface area contributed by atoms with Crippen LogP contribution in [0.5, 0.6) is 0 Å². The van der Waals surface area contributed by atoms with E-state index in [0.29, 0.717) is 6.61 Å². The van der Waals surface area contributed by atoms with Crippen LogP contribution in [0.2, 0.25) is 0 Å². The molecule has 152 valence electrons. The third-order valence-electron chi connectivity index (χ3n) is 4.89. The molecule has 0 bridgehead atoms. The number of benzene rings is 1. The van der Waals surface area contributed by atoms with Crippen LogP contribution in [0.1, 0.15) is 54.3 Å². The highest BCUT2D eigenvalue weighted by Crippen LogP contribution is 2.31. The van der Waals surface area contributed by atoms with Gasteiger partial charge in [0.2, 0.25) is 0 Å². The van der Waals surface area contributed by atoms with Crippen molar-refractivity contribution in [3.63, 3.8) is 0 Å². The van der Waals surface area contributed by atoms with Crippen LogP contribution in [-0.4, -0.2) is 33.1 Å². The van der Waals surface area contributed by atoms with Gasteiger partial charge in [0.15, 0.2) is 5.65 Å². The van der Waals surface area contributed by atoms with Crippen molar-refractivity contribution >= 4 is 17.6 Å². The number of hydrogen-bond acceptors (Lipinski definition) is 6. The number of nitrogens with zero attached hydrogens (tertiary/aromatic N) is 3. The van der Waals surface area contributed by atoms with E-state index < -0.39 is 0 Å². The molecule has 0 aliphatic rings. The number of carbonyl (C=O) groups is 2. The Balaban J connectivity index is 2.01. The van der Waals surface area contributed by atoms with Gasteiger partial charge in [-0.05, 0) is 55.2 Å². The van der Waals surface area contributed by atoms with E-state index in [4.69, 9.17) is 9.47 Å². The molecule has 1 unspecified atom stereocenters. The fourth-order valence-corrected chi connectivity index (χ4v) is 3.30. The van der Waals surface area contributed by atoms with Gasteiger partial charge in [0.05, 0.1) is 13.0 Å². The van der Waals surface area contributed by atoms with E-state index >= 15 is 0 Å². The van der Waals surface area contributed by atoms with Crippen LogP contribution >= 0.6 is 0 Å². The number of fused-ring (bicyclic) bond motifs is 1. The van der Waals surface area contributed by atoms with Crippen molar-refractivity contribution in [3.8, 4) is 0 Å². The van der Waals surface area contributed by atoms with Crippen LogP contribution in [0.4, 0.5) is 0 Å². The zero-order valence-corrected chi connectivity index (χ0v) is 17.1. The maximum Gasteiger partial charge on any atom is 0.306 e. The molecule has 0 N–H and O–H groups in total. The maximum absolute atomic E-state index is 12.3. The van der Waals surface area contributed by atoms with Gasteiger partial charge in [-0.1, -0.05) is 18.2 Å². The average Bonchev–Trinajstić information content (AvgIpc) is 3.06. The summed E-state index contributed by atoms with van der Waals surface area (Å²) in [6.45, 7) is 7.56. The summed E-state index contributed by atoms with van der Waals surface area (Å²) < 4.78 is 12.3. The largest absolute Gasteiger partial charge is 0.466 e. The van der Waals surface area contributed by atoms with E-state index in [9.17, 15) is 9.59 Å². The van der Waals surface area contributed by atoms with Crippen molar-refractivity contribution in [2.45, 2.75) is 46.6 Å². The monoisotopic (exact) mass is 395 g/mol. The molecule has 0 saturated heterocycles. The molecule has 29 heavy (non-hydrogen) atoms. The molecule has 0 fully saturated rings. The first-order valence-electron chi connectivity index (χ1n) is 9.58. The number of aryl methyl sites for hydroxylation is 2. The number of ether oxygens (including phenoxy) is 2. The van der Waals surface area contributed by atoms with Crippen LogP contribution in [-0.2, 0) is 25.7 Å². The van der Waals surface area contributed by atoms with E-state index in [0.717, 1.165) is 33.7 Å². The highest BCUT2D eigenvalue weighted by atomic mass is 16.5. The first kappa shape index (κ1) is 20.5. The lowest BCUT2D eigenvalue weighted by Gasteiger charge is -2.19. The van der Waals surface area contributed by atoms with Crippen LogP contribution in [0, 0.1) is 13.8 Å². The summed E-state index contributed by atoms with van der Waals surface area (Å²) in [5.74, 6) is -0.0112. The Labute approximate surface area is 169 Å². The number of esters is 2. The van der Waals surface area contributed by atoms with Gasteiger partial charge < -0.3 is 9.47 Å². The smallest absolute Gasteiger partial charge is 0.306 e. The van der Waals surface area contributed by atoms with Gasteiger partial charge in [-0.2, -0.15) is 0 Å². The van der Waals surface area contributed by atoms with Crippen LogP contribution in [0.3, 0.4) is 0 Å². The first-order chi connectivity index (χ1) is 13.9. The summed E-state index contributed by atoms with van der Waals surface area (Å²) in [5, 5.41) is 8.29. The molecule has 3 aromatic rings. The van der Waals surface area contributed by atoms with E-state index in [1.807, 2.05) is 54.8 Å². The number of carbonyl (C=O) groups excluding carboxylic acids is 2. The van der Waals surface area contributed by atoms with Crippen molar-refractivity contribution in [2.24, 2.45) is 0 Å². The summed E-state index contributed by atoms with van der Waals surface area (Å²) in [6, 6.07) is 9.87. The predicted molar refractivity (Wildman–Crippen MR) is 107 cm³/mol. The predicted octanol–water partition coefficient (Wildman–Crippen LogP) is 3.49. The molecule has 1 aromatic carbocycles. The number of hydrogen-bond donors (Lipinski definition) is 0. The first-order valence-corrected chi connectivity index (χ1v) is 9.58. The number of rotatable bonds is 7. The normalized spacial score (nSPS) is 12.0. The molecule has 0 radical (unpaired) electrons. The van der Waals surface area contributed by atoms with Crippen molar-refractivity contribution < 1.29 is 19.1 Å². The molecule has 3 rings (SSSR count). The van der Waals surface area contributed by atoms with E-state index in [2.05, 4.69) is 10.2 Å². The van der Waals surface area contributed by atoms with Crippen molar-refractivity contribution in [1.82, 2.24) is 14.6 Å². The average molecular weight is 395 g/mol. The molecule has 0 aliphatic carbocycles. The molecule has 2 aromatic heterocycles. The second-order valence-corrected chi connectivity index (χ2v) is 6.96. The van der Waals surface area contributed by atoms with Crippen molar-refractivity contribution in [2.75, 3.05) is 6.61 Å². The quantitative estimate of drug-likeness (QED) is 0.570. The highest BCUT2D eigenvalue weighted by Gasteiger charge is 2.21. The summed E-state index contributed by atoms with van der Waals surface area (Å²) >= 11 is 0. The standard InChI is InChI=1S/C22H25N3O4/c1-5-28-22(27)12-20(18-8-9-25-15(3)23-24-21(25)11-18)17-7-6-14(2)19(10-17)13-29-16(4)26/h6-11,20H,5,12-13H2,1-4H3. The summed E-state index contributed by atoms with van der Waals surface area (Å²) in [4.78, 5) is 23.5. The Hall–Kier alpha value is -3.22. The molecule has 1 atom stereocenters. The lowest BCUT2D eigenvalue weighted by atomic mass is 9.87. The molecule has 2 heterocycles. The van der Waals surface area contributed by atoms with Gasteiger partial charge in [-0.3, -0.25) is 14.0 Å². The zero-order valence-electron chi connectivity index (χ0n) is 17.1. The molecular weight excluding hydrogens is 370 g/mol. The van der Waals surface area contributed by atoms with Gasteiger partial charge in [-0.25, -0.2) is 0 Å². The molecule has 0 saturated carbocycles. The number of pyridine rings is 1. The lowest BCUT2D eigenvalue weighted by Crippen LogP contribution is -2.13. The SMILES string of the molecule is CCOC(=O)CC(c1ccc(C)c(COC(C)=O)c1)c1ccn2c(C)nnc2c1. The van der Waals surface area contributed by atoms with Gasteiger partial charge in [0.25, 0.3) is 0 Å². The zero-order chi connectivity index (χ0) is 21.0. The maximum atomic E-state index is 12.3. The molecular formula is C22H25N3O4. The van der Waals surface area contributed by atoms with Gasteiger partial charge >= 0.3 is 11.9 Å². The van der Waals surface area contributed by atoms with Gasteiger partial charge in [0.1, 0.15) is 12.4 Å². The fraction of sp³-hybridized carbons (Fsp3) is 0.364. The minimum Gasteiger partial charge on any atom is -0.466 e. The minimum atomic E-state index is -0.328. The Bertz CT molecular complexity index is 1040. The van der Waals surface area contributed by atoms with Crippen LogP contribution in [0.15, 0.2) is 36.5 Å². The molecule has 0 aliphatic heterocycles. The molecule has 7 heteroatoms. The third kappa shape index (κ3) is 4.80. The molecule has 0 spiro atoms. The van der Waals surface area contributed by atoms with E-state index in [1.165, 1.54) is 6.92 Å². The minimum absolute atomic E-state index is 0.198. The van der Waals surface area contributed by atoms with Crippen LogP contribution < -0.4 is 0 Å². The molecule has 0 amide bonds. The van der Waals surface area contributed by atoms with E-state index in [-0.39, 0.29) is 30.9 Å². The van der Waals surface area contributed by atoms with Gasteiger partial charge in [0, 0.05) is 19.0 Å². The Morgan fingerprint density at radius 2 is 1.83 bits per heavy atom. The summed E-state index contributed by atoms with van der Waals surface area (Å²) in [6.07, 6.45) is 2.11. The van der Waals surface area contributed by atoms with Crippen LogP contribution in [0.25, 0.3) is 5.65 Å². The van der Waals surface area contributed by atoms with E-state index in [1.54, 1.807) is 6.92 Å². The Morgan fingerprint density at radius 3 is 2.55 bits per heavy atom. The fourth-order valence-electron chi connectivity index (χ4n) is 3.30. The molecule has 7 nitrogen and oxygen atoms in total. The van der Waals surface area contributed by atoms with Crippen molar-refractivity contribution in [1.29, 1.82) is 0 Å². The Kier molecular flexibility index (Phi) is 6.26. The second kappa shape index (κ2) is 8.86. The topological polar surface area (TPSA) is 82.8 Å². The third-order valence-corrected chi connectivity index (χ3v) is 4.89. The summed E-state index contributed by atoms with van der Waals surface area (Å²) in [7, 11) is 0. The summed E-state index contributed by atoms with van der Waals surface area (Å²) in [5.41, 5.74) is 4.55. The Morgan fingerprint density at radius 1 is 1.07 bits per heavy atom. The number of aromatic nitrogens is 3. The second-order valence-electron chi connectivity index (χ2n) is 6.96. The highest BCUT2D eigenvalue weighted by molar-refractivity contribution is 5.71. The lowest BCUT2D eigenvalue weighted by molar-refractivity contribution is -0.143. The van der Waals surface area contributed by atoms with Crippen molar-refractivity contribution in [3.05, 3.63) is 64.6 Å². The van der Waals surface area contributed by atoms with Gasteiger partial charge in [-0.15, -0.1) is 10.2 Å².